The molecule has 0 aromatic carbocycles. The van der Waals surface area contributed by atoms with Crippen LogP contribution in [0.25, 0.3) is 0 Å². The number of hydrogen-bond donors (Lipinski definition) is 0. The first-order chi connectivity index (χ1) is 6.20. The molecule has 0 N–H and O–H groups in total. The molecular formula is C10H11NO2. The van der Waals surface area contributed by atoms with Gasteiger partial charge in [0.2, 0.25) is 0 Å². The second-order valence-electron chi connectivity index (χ2n) is 2.64. The molecule has 0 fully saturated rings. The van der Waals surface area contributed by atoms with Gasteiger partial charge in [0.25, 0.3) is 0 Å². The van der Waals surface area contributed by atoms with E-state index in [0.29, 0.717) is 12.1 Å². The molecule has 1 aromatic heterocycles. The number of carbonyl (C=O) groups is 1. The molecule has 13 heavy (non-hydrogen) atoms. The molecule has 1 rings (SSSR count). The lowest BCUT2D eigenvalue weighted by molar-refractivity contribution is 0.0589. The van der Waals surface area contributed by atoms with E-state index in [1.807, 2.05) is 6.07 Å². The molecule has 0 aliphatic carbocycles. The molecule has 0 saturated heterocycles. The fraction of sp³-hybridized carbons (Fsp3) is 0.300. The zero-order chi connectivity index (χ0) is 9.84. The molecule has 0 spiro atoms. The lowest BCUT2D eigenvalue weighted by Crippen LogP contribution is -2.09. The minimum atomic E-state index is -0.342. The summed E-state index contributed by atoms with van der Waals surface area (Å²) in [5.41, 5.74) is 1.45. The lowest BCUT2D eigenvalue weighted by atomic mass is 10.3. The van der Waals surface area contributed by atoms with Gasteiger partial charge in [-0.2, -0.15) is 0 Å². The molecule has 0 atom stereocenters. The van der Waals surface area contributed by atoms with Crippen LogP contribution in [0.1, 0.15) is 16.2 Å². The van der Waals surface area contributed by atoms with Crippen molar-refractivity contribution in [2.45, 2.75) is 6.42 Å². The third-order valence-corrected chi connectivity index (χ3v) is 1.90. The molecule has 3 nitrogen and oxygen atoms in total. The van der Waals surface area contributed by atoms with Crippen LogP contribution < -0.4 is 0 Å². The van der Waals surface area contributed by atoms with Crippen LogP contribution in [0.2, 0.25) is 0 Å². The number of nitrogens with zero attached hydrogens (tertiary/aromatic N) is 1. The average molecular weight is 177 g/mol. The summed E-state index contributed by atoms with van der Waals surface area (Å²) in [5.74, 6) is 2.18. The van der Waals surface area contributed by atoms with Crippen molar-refractivity contribution in [3.05, 3.63) is 23.5 Å². The predicted molar refractivity (Wildman–Crippen MR) is 49.3 cm³/mol. The van der Waals surface area contributed by atoms with Crippen molar-refractivity contribution in [3.63, 3.8) is 0 Å². The van der Waals surface area contributed by atoms with E-state index in [4.69, 9.17) is 6.42 Å². The second kappa shape index (κ2) is 3.81. The fourth-order valence-corrected chi connectivity index (χ4v) is 1.15. The van der Waals surface area contributed by atoms with Gasteiger partial charge in [-0.25, -0.2) is 4.79 Å². The van der Waals surface area contributed by atoms with E-state index in [-0.39, 0.29) is 5.97 Å². The molecule has 3 heteroatoms. The number of rotatable bonds is 2. The van der Waals surface area contributed by atoms with Crippen LogP contribution in [0, 0.1) is 12.3 Å². The maximum Gasteiger partial charge on any atom is 0.354 e. The molecule has 0 saturated carbocycles. The maximum absolute atomic E-state index is 11.2. The smallest absolute Gasteiger partial charge is 0.354 e. The minimum Gasteiger partial charge on any atom is -0.464 e. The van der Waals surface area contributed by atoms with Gasteiger partial charge in [0.05, 0.1) is 7.11 Å². The SMILES string of the molecule is C#CCc1ccc(C(=O)OC)n1C. The zero-order valence-electron chi connectivity index (χ0n) is 7.70. The molecule has 0 bridgehead atoms. The highest BCUT2D eigenvalue weighted by Crippen LogP contribution is 2.08. The maximum atomic E-state index is 11.2. The summed E-state index contributed by atoms with van der Waals surface area (Å²) in [6, 6.07) is 3.53. The van der Waals surface area contributed by atoms with E-state index in [2.05, 4.69) is 10.7 Å². The van der Waals surface area contributed by atoms with Gasteiger partial charge < -0.3 is 9.30 Å². The average Bonchev–Trinajstić information content (AvgIpc) is 2.48. The van der Waals surface area contributed by atoms with Crippen molar-refractivity contribution >= 4 is 5.97 Å². The van der Waals surface area contributed by atoms with Crippen LogP contribution in [0.3, 0.4) is 0 Å². The Kier molecular flexibility index (Phi) is 2.76. The molecule has 1 heterocycles. The topological polar surface area (TPSA) is 31.2 Å². The molecule has 0 unspecified atom stereocenters. The Balaban J connectivity index is 3.00. The van der Waals surface area contributed by atoms with E-state index >= 15 is 0 Å². The molecule has 0 aliphatic heterocycles. The summed E-state index contributed by atoms with van der Waals surface area (Å²) in [4.78, 5) is 11.2. The van der Waals surface area contributed by atoms with Gasteiger partial charge in [-0.05, 0) is 12.1 Å². The number of aromatic nitrogens is 1. The number of carbonyl (C=O) groups excluding carboxylic acids is 1. The summed E-state index contributed by atoms with van der Waals surface area (Å²) >= 11 is 0. The number of hydrogen-bond acceptors (Lipinski definition) is 2. The van der Waals surface area contributed by atoms with Crippen molar-refractivity contribution in [2.24, 2.45) is 7.05 Å². The van der Waals surface area contributed by atoms with Gasteiger partial charge in [-0.3, -0.25) is 0 Å². The molecule has 0 aliphatic rings. The third-order valence-electron chi connectivity index (χ3n) is 1.90. The monoisotopic (exact) mass is 177 g/mol. The highest BCUT2D eigenvalue weighted by Gasteiger charge is 2.11. The molecule has 1 aromatic rings. The van der Waals surface area contributed by atoms with Gasteiger partial charge in [0.15, 0.2) is 0 Å². The van der Waals surface area contributed by atoms with Gasteiger partial charge in [-0.1, -0.05) is 0 Å². The van der Waals surface area contributed by atoms with Gasteiger partial charge in [0.1, 0.15) is 5.69 Å². The van der Waals surface area contributed by atoms with Crippen molar-refractivity contribution in [2.75, 3.05) is 7.11 Å². The van der Waals surface area contributed by atoms with Gasteiger partial charge >= 0.3 is 5.97 Å². The number of esters is 1. The molecular weight excluding hydrogens is 166 g/mol. The third kappa shape index (κ3) is 1.73. The number of methoxy groups -OCH3 is 1. The Bertz CT molecular complexity index is 357. The first kappa shape index (κ1) is 9.40. The molecule has 0 amide bonds. The highest BCUT2D eigenvalue weighted by molar-refractivity contribution is 5.87. The second-order valence-corrected chi connectivity index (χ2v) is 2.64. The fourth-order valence-electron chi connectivity index (χ4n) is 1.15. The molecule has 0 radical (unpaired) electrons. The Morgan fingerprint density at radius 1 is 1.69 bits per heavy atom. The van der Waals surface area contributed by atoms with Crippen molar-refractivity contribution in [1.82, 2.24) is 4.57 Å². The minimum absolute atomic E-state index is 0.342. The van der Waals surface area contributed by atoms with Crippen molar-refractivity contribution in [1.29, 1.82) is 0 Å². The van der Waals surface area contributed by atoms with Crippen LogP contribution >= 0.6 is 0 Å². The summed E-state index contributed by atoms with van der Waals surface area (Å²) in [5, 5.41) is 0. The first-order valence-electron chi connectivity index (χ1n) is 3.87. The normalized spacial score (nSPS) is 9.31. The Morgan fingerprint density at radius 2 is 2.38 bits per heavy atom. The van der Waals surface area contributed by atoms with E-state index in [1.54, 1.807) is 17.7 Å². The highest BCUT2D eigenvalue weighted by atomic mass is 16.5. The van der Waals surface area contributed by atoms with Crippen LogP contribution in [-0.2, 0) is 18.2 Å². The van der Waals surface area contributed by atoms with Gasteiger partial charge in [0, 0.05) is 19.2 Å². The molecule has 68 valence electrons. The van der Waals surface area contributed by atoms with Gasteiger partial charge in [-0.15, -0.1) is 12.3 Å². The Morgan fingerprint density at radius 3 is 2.92 bits per heavy atom. The standard InChI is InChI=1S/C10H11NO2/c1-4-5-8-6-7-9(11(8)2)10(12)13-3/h1,6-7H,5H2,2-3H3. The predicted octanol–water partition coefficient (Wildman–Crippen LogP) is 0.987. The quantitative estimate of drug-likeness (QED) is 0.498. The van der Waals surface area contributed by atoms with E-state index in [9.17, 15) is 4.79 Å². The first-order valence-corrected chi connectivity index (χ1v) is 3.87. The summed E-state index contributed by atoms with van der Waals surface area (Å²) in [6.45, 7) is 0. The van der Waals surface area contributed by atoms with E-state index in [1.165, 1.54) is 7.11 Å². The van der Waals surface area contributed by atoms with Crippen LogP contribution in [0.5, 0.6) is 0 Å². The summed E-state index contributed by atoms with van der Waals surface area (Å²) < 4.78 is 6.34. The number of terminal acetylenes is 1. The van der Waals surface area contributed by atoms with Crippen LogP contribution in [0.15, 0.2) is 12.1 Å². The summed E-state index contributed by atoms with van der Waals surface area (Å²) in [6.07, 6.45) is 5.69. The van der Waals surface area contributed by atoms with E-state index < -0.39 is 0 Å². The van der Waals surface area contributed by atoms with Crippen LogP contribution in [-0.4, -0.2) is 17.6 Å². The summed E-state index contributed by atoms with van der Waals surface area (Å²) in [7, 11) is 3.15. The van der Waals surface area contributed by atoms with Crippen molar-refractivity contribution in [3.8, 4) is 12.3 Å². The number of ether oxygens (including phenoxy) is 1. The van der Waals surface area contributed by atoms with Crippen molar-refractivity contribution < 1.29 is 9.53 Å². The Hall–Kier alpha value is -1.69. The van der Waals surface area contributed by atoms with Crippen LogP contribution in [0.4, 0.5) is 0 Å². The zero-order valence-corrected chi connectivity index (χ0v) is 7.70. The largest absolute Gasteiger partial charge is 0.464 e. The van der Waals surface area contributed by atoms with E-state index in [0.717, 1.165) is 5.69 Å². The lowest BCUT2D eigenvalue weighted by Gasteiger charge is -2.03. The Labute approximate surface area is 77.3 Å².